The van der Waals surface area contributed by atoms with E-state index in [-0.39, 0.29) is 23.8 Å². The van der Waals surface area contributed by atoms with Crippen LogP contribution in [0.5, 0.6) is 5.75 Å². The highest BCUT2D eigenvalue weighted by atomic mass is 19.4. The summed E-state index contributed by atoms with van der Waals surface area (Å²) in [5, 5.41) is 5.07. The fraction of sp³-hybridized carbons (Fsp3) is 0.125. The number of amides is 2. The van der Waals surface area contributed by atoms with Crippen molar-refractivity contribution >= 4 is 23.2 Å². The van der Waals surface area contributed by atoms with Gasteiger partial charge in [0.15, 0.2) is 6.61 Å². The number of hydrogen-bond acceptors (Lipinski definition) is 3. The predicted octanol–water partition coefficient (Wildman–Crippen LogP) is 3.29. The van der Waals surface area contributed by atoms with Crippen LogP contribution in [0.3, 0.4) is 0 Å². The molecule has 0 aliphatic carbocycles. The van der Waals surface area contributed by atoms with Crippen LogP contribution in [-0.4, -0.2) is 18.4 Å². The van der Waals surface area contributed by atoms with Gasteiger partial charge in [-0.25, -0.2) is 0 Å². The first-order chi connectivity index (χ1) is 11.3. The van der Waals surface area contributed by atoms with Crippen molar-refractivity contribution in [2.45, 2.75) is 6.18 Å². The van der Waals surface area contributed by atoms with E-state index in [2.05, 4.69) is 10.6 Å². The molecule has 0 unspecified atom stereocenters. The normalized spacial score (nSPS) is 13.5. The zero-order valence-electron chi connectivity index (χ0n) is 12.1. The van der Waals surface area contributed by atoms with E-state index in [0.717, 1.165) is 12.1 Å². The van der Waals surface area contributed by atoms with Gasteiger partial charge in [-0.2, -0.15) is 13.2 Å². The molecule has 0 fully saturated rings. The summed E-state index contributed by atoms with van der Waals surface area (Å²) >= 11 is 0. The first kappa shape index (κ1) is 15.9. The Bertz CT molecular complexity index is 801. The summed E-state index contributed by atoms with van der Waals surface area (Å²) < 4.78 is 42.7. The van der Waals surface area contributed by atoms with Crippen molar-refractivity contribution in [3.63, 3.8) is 0 Å². The Labute approximate surface area is 134 Å². The van der Waals surface area contributed by atoms with Crippen LogP contribution in [0.25, 0.3) is 0 Å². The fourth-order valence-electron chi connectivity index (χ4n) is 2.17. The molecule has 0 saturated heterocycles. The number of hydrogen-bond donors (Lipinski definition) is 2. The Morgan fingerprint density at radius 2 is 1.83 bits per heavy atom. The van der Waals surface area contributed by atoms with Gasteiger partial charge in [0.1, 0.15) is 5.75 Å². The molecule has 0 spiro atoms. The van der Waals surface area contributed by atoms with Crippen LogP contribution in [0.1, 0.15) is 15.9 Å². The van der Waals surface area contributed by atoms with Gasteiger partial charge < -0.3 is 15.4 Å². The number of carbonyl (C=O) groups excluding carboxylic acids is 2. The van der Waals surface area contributed by atoms with Gasteiger partial charge >= 0.3 is 6.18 Å². The number of fused-ring (bicyclic) bond motifs is 1. The molecule has 3 rings (SSSR count). The van der Waals surface area contributed by atoms with Gasteiger partial charge in [-0.15, -0.1) is 0 Å². The number of halogens is 3. The van der Waals surface area contributed by atoms with Gasteiger partial charge in [0.2, 0.25) is 0 Å². The molecule has 0 radical (unpaired) electrons. The molecular formula is C16H11F3N2O3. The molecular weight excluding hydrogens is 325 g/mol. The zero-order chi connectivity index (χ0) is 17.3. The number of nitrogens with one attached hydrogen (secondary N) is 2. The molecule has 2 N–H and O–H groups in total. The highest BCUT2D eigenvalue weighted by Gasteiger charge is 2.30. The summed E-state index contributed by atoms with van der Waals surface area (Å²) in [6.07, 6.45) is -4.43. The van der Waals surface area contributed by atoms with Crippen molar-refractivity contribution in [1.82, 2.24) is 0 Å². The third kappa shape index (κ3) is 3.32. The molecule has 1 heterocycles. The summed E-state index contributed by atoms with van der Waals surface area (Å²) in [7, 11) is 0. The van der Waals surface area contributed by atoms with Crippen LogP contribution in [0, 0.1) is 0 Å². The number of benzene rings is 2. The van der Waals surface area contributed by atoms with E-state index in [1.807, 2.05) is 0 Å². The molecule has 1 aliphatic heterocycles. The largest absolute Gasteiger partial charge is 0.482 e. The van der Waals surface area contributed by atoms with Gasteiger partial charge in [-0.05, 0) is 42.5 Å². The zero-order valence-corrected chi connectivity index (χ0v) is 12.1. The second kappa shape index (κ2) is 5.88. The van der Waals surface area contributed by atoms with Gasteiger partial charge in [-0.1, -0.05) is 0 Å². The third-order valence-electron chi connectivity index (χ3n) is 3.34. The van der Waals surface area contributed by atoms with Crippen molar-refractivity contribution in [3.05, 3.63) is 53.6 Å². The van der Waals surface area contributed by atoms with Crippen LogP contribution in [-0.2, 0) is 11.0 Å². The molecule has 124 valence electrons. The summed E-state index contributed by atoms with van der Waals surface area (Å²) in [6.45, 7) is -0.0932. The lowest BCUT2D eigenvalue weighted by molar-refractivity contribution is -0.137. The maximum absolute atomic E-state index is 12.5. The maximum Gasteiger partial charge on any atom is 0.416 e. The van der Waals surface area contributed by atoms with E-state index in [9.17, 15) is 22.8 Å². The average molecular weight is 336 g/mol. The Morgan fingerprint density at radius 1 is 1.12 bits per heavy atom. The molecule has 2 aromatic rings. The second-order valence-corrected chi connectivity index (χ2v) is 5.08. The first-order valence-electron chi connectivity index (χ1n) is 6.88. The molecule has 2 aromatic carbocycles. The van der Waals surface area contributed by atoms with Crippen LogP contribution in [0.15, 0.2) is 42.5 Å². The molecule has 0 bridgehead atoms. The Hall–Kier alpha value is -3.03. The van der Waals surface area contributed by atoms with Crippen LogP contribution < -0.4 is 15.4 Å². The Morgan fingerprint density at radius 3 is 2.50 bits per heavy atom. The molecule has 0 saturated carbocycles. The summed E-state index contributed by atoms with van der Waals surface area (Å²) in [5.41, 5.74) is 0.0333. The predicted molar refractivity (Wildman–Crippen MR) is 80.0 cm³/mol. The lowest BCUT2D eigenvalue weighted by Crippen LogP contribution is -2.25. The number of alkyl halides is 3. The second-order valence-electron chi connectivity index (χ2n) is 5.08. The van der Waals surface area contributed by atoms with Crippen LogP contribution >= 0.6 is 0 Å². The minimum absolute atomic E-state index is 0.0932. The SMILES string of the molecule is O=C1COc2ccc(C(=O)Nc3ccc(C(F)(F)F)cc3)cc2N1. The van der Waals surface area contributed by atoms with Crippen molar-refractivity contribution in [1.29, 1.82) is 0 Å². The van der Waals surface area contributed by atoms with Crippen LogP contribution in [0.2, 0.25) is 0 Å². The molecule has 1 aliphatic rings. The molecule has 8 heteroatoms. The fourth-order valence-corrected chi connectivity index (χ4v) is 2.17. The smallest absolute Gasteiger partial charge is 0.416 e. The number of anilines is 2. The number of rotatable bonds is 2. The van der Waals surface area contributed by atoms with E-state index in [1.165, 1.54) is 30.3 Å². The van der Waals surface area contributed by atoms with Crippen molar-refractivity contribution < 1.29 is 27.5 Å². The Balaban J connectivity index is 1.75. The standard InChI is InChI=1S/C16H11F3N2O3/c17-16(18,19)10-2-4-11(5-3-10)20-15(23)9-1-6-13-12(7-9)21-14(22)8-24-13/h1-7H,8H2,(H,20,23)(H,21,22). The van der Waals surface area contributed by atoms with E-state index >= 15 is 0 Å². The van der Waals surface area contributed by atoms with Gasteiger partial charge in [-0.3, -0.25) is 9.59 Å². The molecule has 24 heavy (non-hydrogen) atoms. The highest BCUT2D eigenvalue weighted by Crippen LogP contribution is 2.31. The summed E-state index contributed by atoms with van der Waals surface area (Å²) in [5.74, 6) is -0.402. The minimum atomic E-state index is -4.43. The van der Waals surface area contributed by atoms with Gasteiger partial charge in [0, 0.05) is 11.3 Å². The first-order valence-corrected chi connectivity index (χ1v) is 6.88. The maximum atomic E-state index is 12.5. The topological polar surface area (TPSA) is 67.4 Å². The average Bonchev–Trinajstić information content (AvgIpc) is 2.53. The van der Waals surface area contributed by atoms with Crippen molar-refractivity contribution in [2.75, 3.05) is 17.2 Å². The lowest BCUT2D eigenvalue weighted by atomic mass is 10.1. The van der Waals surface area contributed by atoms with Crippen LogP contribution in [0.4, 0.5) is 24.5 Å². The van der Waals surface area contributed by atoms with Gasteiger partial charge in [0.25, 0.3) is 11.8 Å². The third-order valence-corrected chi connectivity index (χ3v) is 3.34. The highest BCUT2D eigenvalue weighted by molar-refractivity contribution is 6.06. The molecule has 2 amide bonds. The summed E-state index contributed by atoms with van der Waals surface area (Å²) in [4.78, 5) is 23.5. The quantitative estimate of drug-likeness (QED) is 0.884. The molecule has 0 aromatic heterocycles. The number of ether oxygens (including phenoxy) is 1. The van der Waals surface area contributed by atoms with Crippen molar-refractivity contribution in [2.24, 2.45) is 0 Å². The molecule has 0 atom stereocenters. The van der Waals surface area contributed by atoms with Crippen molar-refractivity contribution in [3.8, 4) is 5.75 Å². The van der Waals surface area contributed by atoms with E-state index in [4.69, 9.17) is 4.74 Å². The van der Waals surface area contributed by atoms with E-state index < -0.39 is 17.6 Å². The molecule has 5 nitrogen and oxygen atoms in total. The Kier molecular flexibility index (Phi) is 3.88. The number of carbonyl (C=O) groups is 2. The van der Waals surface area contributed by atoms with Gasteiger partial charge in [0.05, 0.1) is 11.3 Å². The van der Waals surface area contributed by atoms with E-state index in [1.54, 1.807) is 0 Å². The van der Waals surface area contributed by atoms with E-state index in [0.29, 0.717) is 11.4 Å². The lowest BCUT2D eigenvalue weighted by Gasteiger charge is -2.18. The monoisotopic (exact) mass is 336 g/mol. The minimum Gasteiger partial charge on any atom is -0.482 e. The summed E-state index contributed by atoms with van der Waals surface area (Å²) in [6, 6.07) is 8.58.